The Bertz CT molecular complexity index is 564. The number of hydrogen-bond acceptors (Lipinski definition) is 3. The SMILES string of the molecule is COc1ccc([C@@H](C)O)c(OCc2ccc(Br)cc2)c1. The van der Waals surface area contributed by atoms with Gasteiger partial charge in [-0.15, -0.1) is 0 Å². The number of ether oxygens (including phenoxy) is 2. The van der Waals surface area contributed by atoms with Crippen molar-refractivity contribution in [2.75, 3.05) is 7.11 Å². The van der Waals surface area contributed by atoms with Crippen molar-refractivity contribution in [1.82, 2.24) is 0 Å². The zero-order chi connectivity index (χ0) is 14.5. The van der Waals surface area contributed by atoms with Gasteiger partial charge in [0, 0.05) is 16.1 Å². The minimum absolute atomic E-state index is 0.445. The lowest BCUT2D eigenvalue weighted by molar-refractivity contribution is 0.190. The minimum atomic E-state index is -0.583. The lowest BCUT2D eigenvalue weighted by Crippen LogP contribution is -2.01. The van der Waals surface area contributed by atoms with E-state index in [1.807, 2.05) is 36.4 Å². The molecule has 0 spiro atoms. The number of aliphatic hydroxyl groups is 1. The van der Waals surface area contributed by atoms with Gasteiger partial charge in [0.1, 0.15) is 18.1 Å². The van der Waals surface area contributed by atoms with Gasteiger partial charge in [0.05, 0.1) is 13.2 Å². The summed E-state index contributed by atoms with van der Waals surface area (Å²) in [5.41, 5.74) is 1.82. The Kier molecular flexibility index (Phi) is 5.04. The molecule has 0 amide bonds. The highest BCUT2D eigenvalue weighted by Crippen LogP contribution is 2.30. The summed E-state index contributed by atoms with van der Waals surface area (Å²) in [5, 5.41) is 9.77. The number of benzene rings is 2. The van der Waals surface area contributed by atoms with Gasteiger partial charge < -0.3 is 14.6 Å². The van der Waals surface area contributed by atoms with Gasteiger partial charge in [0.2, 0.25) is 0 Å². The summed E-state index contributed by atoms with van der Waals surface area (Å²) in [5.74, 6) is 1.35. The Morgan fingerprint density at radius 2 is 1.85 bits per heavy atom. The van der Waals surface area contributed by atoms with Crippen LogP contribution in [0.2, 0.25) is 0 Å². The number of methoxy groups -OCH3 is 1. The van der Waals surface area contributed by atoms with Crippen molar-refractivity contribution in [3.05, 3.63) is 58.1 Å². The van der Waals surface area contributed by atoms with Crippen molar-refractivity contribution >= 4 is 15.9 Å². The summed E-state index contributed by atoms with van der Waals surface area (Å²) in [7, 11) is 1.61. The van der Waals surface area contributed by atoms with E-state index in [2.05, 4.69) is 15.9 Å². The second-order valence-electron chi connectivity index (χ2n) is 4.49. The van der Waals surface area contributed by atoms with Crippen molar-refractivity contribution < 1.29 is 14.6 Å². The van der Waals surface area contributed by atoms with E-state index in [4.69, 9.17) is 9.47 Å². The molecule has 0 heterocycles. The molecule has 0 fully saturated rings. The molecule has 0 saturated heterocycles. The highest BCUT2D eigenvalue weighted by Gasteiger charge is 2.10. The molecule has 20 heavy (non-hydrogen) atoms. The third-order valence-electron chi connectivity index (χ3n) is 2.98. The van der Waals surface area contributed by atoms with Crippen molar-refractivity contribution in [2.45, 2.75) is 19.6 Å². The fourth-order valence-corrected chi connectivity index (χ4v) is 2.12. The van der Waals surface area contributed by atoms with E-state index in [0.29, 0.717) is 18.1 Å². The van der Waals surface area contributed by atoms with Gasteiger partial charge in [-0.25, -0.2) is 0 Å². The molecule has 2 aromatic carbocycles. The molecule has 2 aromatic rings. The first kappa shape index (κ1) is 14.9. The Morgan fingerprint density at radius 1 is 1.15 bits per heavy atom. The largest absolute Gasteiger partial charge is 0.497 e. The minimum Gasteiger partial charge on any atom is -0.497 e. The molecule has 1 N–H and O–H groups in total. The maximum Gasteiger partial charge on any atom is 0.129 e. The average Bonchev–Trinajstić information content (AvgIpc) is 2.46. The number of halogens is 1. The van der Waals surface area contributed by atoms with E-state index in [1.54, 1.807) is 20.1 Å². The Labute approximate surface area is 127 Å². The highest BCUT2D eigenvalue weighted by molar-refractivity contribution is 9.10. The normalized spacial score (nSPS) is 12.0. The third-order valence-corrected chi connectivity index (χ3v) is 3.51. The molecule has 0 saturated carbocycles. The van der Waals surface area contributed by atoms with Gasteiger partial charge in [-0.2, -0.15) is 0 Å². The quantitative estimate of drug-likeness (QED) is 0.893. The average molecular weight is 337 g/mol. The molecule has 0 aliphatic rings. The number of hydrogen-bond donors (Lipinski definition) is 1. The Hall–Kier alpha value is -1.52. The molecule has 0 bridgehead atoms. The van der Waals surface area contributed by atoms with Gasteiger partial charge in [-0.1, -0.05) is 28.1 Å². The molecule has 106 valence electrons. The summed E-state index contributed by atoms with van der Waals surface area (Å²) < 4.78 is 12.0. The van der Waals surface area contributed by atoms with Crippen molar-refractivity contribution in [3.63, 3.8) is 0 Å². The van der Waals surface area contributed by atoms with E-state index < -0.39 is 6.10 Å². The zero-order valence-corrected chi connectivity index (χ0v) is 13.1. The van der Waals surface area contributed by atoms with E-state index >= 15 is 0 Å². The van der Waals surface area contributed by atoms with Crippen LogP contribution in [0.3, 0.4) is 0 Å². The summed E-state index contributed by atoms with van der Waals surface area (Å²) in [6.07, 6.45) is -0.583. The first-order valence-corrected chi connectivity index (χ1v) is 7.12. The van der Waals surface area contributed by atoms with Crippen LogP contribution in [0.5, 0.6) is 11.5 Å². The van der Waals surface area contributed by atoms with Crippen LogP contribution in [-0.2, 0) is 6.61 Å². The maximum absolute atomic E-state index is 9.77. The van der Waals surface area contributed by atoms with Crippen molar-refractivity contribution in [2.24, 2.45) is 0 Å². The standard InChI is InChI=1S/C16H17BrO3/c1-11(18)15-8-7-14(19-2)9-16(15)20-10-12-3-5-13(17)6-4-12/h3-9,11,18H,10H2,1-2H3/t11-/m1/s1. The van der Waals surface area contributed by atoms with E-state index in [1.165, 1.54) is 0 Å². The molecule has 2 rings (SSSR count). The molecule has 0 radical (unpaired) electrons. The molecule has 3 nitrogen and oxygen atoms in total. The summed E-state index contributed by atoms with van der Waals surface area (Å²) in [6, 6.07) is 13.4. The van der Waals surface area contributed by atoms with E-state index in [0.717, 1.165) is 15.6 Å². The molecular formula is C16H17BrO3. The second kappa shape index (κ2) is 6.77. The fourth-order valence-electron chi connectivity index (χ4n) is 1.85. The molecule has 0 unspecified atom stereocenters. The van der Waals surface area contributed by atoms with Gasteiger partial charge >= 0.3 is 0 Å². The number of rotatable bonds is 5. The van der Waals surface area contributed by atoms with Gasteiger partial charge in [0.25, 0.3) is 0 Å². The Balaban J connectivity index is 2.16. The van der Waals surface area contributed by atoms with Gasteiger partial charge in [-0.05, 0) is 36.8 Å². The predicted molar refractivity (Wildman–Crippen MR) is 82.1 cm³/mol. The second-order valence-corrected chi connectivity index (χ2v) is 5.41. The molecule has 0 aliphatic heterocycles. The molecule has 0 aromatic heterocycles. The summed E-state index contributed by atoms with van der Waals surface area (Å²) in [6.45, 7) is 2.16. The zero-order valence-electron chi connectivity index (χ0n) is 11.5. The van der Waals surface area contributed by atoms with Crippen LogP contribution in [0.4, 0.5) is 0 Å². The molecular weight excluding hydrogens is 320 g/mol. The number of aliphatic hydroxyl groups excluding tert-OH is 1. The molecule has 0 aliphatic carbocycles. The predicted octanol–water partition coefficient (Wildman–Crippen LogP) is 4.09. The molecule has 4 heteroatoms. The van der Waals surface area contributed by atoms with E-state index in [-0.39, 0.29) is 0 Å². The summed E-state index contributed by atoms with van der Waals surface area (Å²) in [4.78, 5) is 0. The Morgan fingerprint density at radius 3 is 2.45 bits per heavy atom. The van der Waals surface area contributed by atoms with Crippen LogP contribution in [0, 0.1) is 0 Å². The van der Waals surface area contributed by atoms with Gasteiger partial charge in [-0.3, -0.25) is 0 Å². The highest BCUT2D eigenvalue weighted by atomic mass is 79.9. The molecule has 1 atom stereocenters. The van der Waals surface area contributed by atoms with Crippen LogP contribution in [-0.4, -0.2) is 12.2 Å². The van der Waals surface area contributed by atoms with Crippen LogP contribution in [0.1, 0.15) is 24.2 Å². The summed E-state index contributed by atoms with van der Waals surface area (Å²) >= 11 is 3.40. The van der Waals surface area contributed by atoms with E-state index in [9.17, 15) is 5.11 Å². The van der Waals surface area contributed by atoms with Crippen LogP contribution in [0.25, 0.3) is 0 Å². The maximum atomic E-state index is 9.77. The lowest BCUT2D eigenvalue weighted by Gasteiger charge is -2.15. The third kappa shape index (κ3) is 3.74. The van der Waals surface area contributed by atoms with Gasteiger partial charge in [0.15, 0.2) is 0 Å². The fraction of sp³-hybridized carbons (Fsp3) is 0.250. The first-order valence-electron chi connectivity index (χ1n) is 6.33. The first-order chi connectivity index (χ1) is 9.60. The topological polar surface area (TPSA) is 38.7 Å². The van der Waals surface area contributed by atoms with Crippen LogP contribution < -0.4 is 9.47 Å². The van der Waals surface area contributed by atoms with Crippen molar-refractivity contribution in [1.29, 1.82) is 0 Å². The smallest absolute Gasteiger partial charge is 0.129 e. The lowest BCUT2D eigenvalue weighted by atomic mass is 10.1. The van der Waals surface area contributed by atoms with Crippen LogP contribution in [0.15, 0.2) is 46.9 Å². The van der Waals surface area contributed by atoms with Crippen molar-refractivity contribution in [3.8, 4) is 11.5 Å². The monoisotopic (exact) mass is 336 g/mol. The van der Waals surface area contributed by atoms with Crippen LogP contribution >= 0.6 is 15.9 Å².